The Morgan fingerprint density at radius 3 is 2.61 bits per heavy atom. The summed E-state index contributed by atoms with van der Waals surface area (Å²) >= 11 is 0. The molecule has 1 aliphatic rings. The van der Waals surface area contributed by atoms with Crippen molar-refractivity contribution in [1.82, 2.24) is 5.32 Å². The topological polar surface area (TPSA) is 47.3 Å². The van der Waals surface area contributed by atoms with Crippen molar-refractivity contribution in [3.8, 4) is 0 Å². The number of ether oxygens (including phenoxy) is 1. The Morgan fingerprint density at radius 2 is 2.00 bits per heavy atom. The lowest BCUT2D eigenvalue weighted by Gasteiger charge is -2.33. The van der Waals surface area contributed by atoms with Crippen molar-refractivity contribution in [3.05, 3.63) is 0 Å². The summed E-state index contributed by atoms with van der Waals surface area (Å²) in [4.78, 5) is 0. The molecule has 1 atom stereocenters. The molecule has 3 heteroatoms. The van der Waals surface area contributed by atoms with Gasteiger partial charge >= 0.3 is 0 Å². The Balaban J connectivity index is 2.03. The molecule has 0 aromatic rings. The van der Waals surface area contributed by atoms with Gasteiger partial charge in [-0.25, -0.2) is 0 Å². The van der Waals surface area contributed by atoms with Crippen LogP contribution in [0.25, 0.3) is 0 Å². The number of nitrogens with two attached hydrogens (primary N) is 1. The van der Waals surface area contributed by atoms with Crippen LogP contribution in [0.1, 0.15) is 52.4 Å². The molecule has 1 unspecified atom stereocenters. The van der Waals surface area contributed by atoms with Crippen molar-refractivity contribution in [2.24, 2.45) is 17.1 Å². The molecule has 108 valence electrons. The first kappa shape index (κ1) is 15.9. The van der Waals surface area contributed by atoms with Crippen LogP contribution < -0.4 is 11.1 Å². The van der Waals surface area contributed by atoms with Crippen LogP contribution in [-0.2, 0) is 4.74 Å². The molecule has 0 bridgehead atoms. The molecular weight excluding hydrogens is 224 g/mol. The SMILES string of the molecule is CCC(CCN)CCCNCC1(C)CCOCC1. The fraction of sp³-hybridized carbons (Fsp3) is 1.00. The minimum atomic E-state index is 0.458. The molecule has 3 nitrogen and oxygen atoms in total. The van der Waals surface area contributed by atoms with E-state index in [1.165, 1.54) is 38.5 Å². The van der Waals surface area contributed by atoms with Crippen LogP contribution in [-0.4, -0.2) is 32.8 Å². The molecule has 1 heterocycles. The van der Waals surface area contributed by atoms with Crippen LogP contribution in [0.4, 0.5) is 0 Å². The van der Waals surface area contributed by atoms with Gasteiger partial charge in [0.25, 0.3) is 0 Å². The van der Waals surface area contributed by atoms with Gasteiger partial charge in [0.1, 0.15) is 0 Å². The summed E-state index contributed by atoms with van der Waals surface area (Å²) < 4.78 is 5.43. The third-order valence-corrected chi connectivity index (χ3v) is 4.37. The van der Waals surface area contributed by atoms with E-state index in [4.69, 9.17) is 10.5 Å². The Hall–Kier alpha value is -0.120. The Kier molecular flexibility index (Phi) is 7.87. The van der Waals surface area contributed by atoms with Gasteiger partial charge in [0.2, 0.25) is 0 Å². The zero-order chi connectivity index (χ0) is 13.3. The maximum atomic E-state index is 5.62. The van der Waals surface area contributed by atoms with Crippen LogP contribution in [0.3, 0.4) is 0 Å². The molecule has 0 aromatic heterocycles. The Labute approximate surface area is 113 Å². The van der Waals surface area contributed by atoms with Gasteiger partial charge in [-0.05, 0) is 56.5 Å². The molecule has 0 spiro atoms. The zero-order valence-corrected chi connectivity index (χ0v) is 12.3. The predicted octanol–water partition coefficient (Wildman–Crippen LogP) is 2.55. The van der Waals surface area contributed by atoms with E-state index in [2.05, 4.69) is 19.2 Å². The van der Waals surface area contributed by atoms with Crippen LogP contribution >= 0.6 is 0 Å². The quantitative estimate of drug-likeness (QED) is 0.623. The summed E-state index contributed by atoms with van der Waals surface area (Å²) in [7, 11) is 0. The summed E-state index contributed by atoms with van der Waals surface area (Å²) in [6.45, 7) is 9.66. The highest BCUT2D eigenvalue weighted by atomic mass is 16.5. The Bertz CT molecular complexity index is 203. The second-order valence-corrected chi connectivity index (χ2v) is 6.09. The standard InChI is InChI=1S/C15H32N2O/c1-3-14(6-9-16)5-4-10-17-13-15(2)7-11-18-12-8-15/h14,17H,3-13,16H2,1-2H3. The summed E-state index contributed by atoms with van der Waals surface area (Å²) in [5.41, 5.74) is 6.08. The van der Waals surface area contributed by atoms with E-state index in [-0.39, 0.29) is 0 Å². The lowest BCUT2D eigenvalue weighted by Crippen LogP contribution is -2.37. The first-order valence-corrected chi connectivity index (χ1v) is 7.69. The molecule has 1 rings (SSSR count). The van der Waals surface area contributed by atoms with Crippen molar-refractivity contribution >= 4 is 0 Å². The first-order chi connectivity index (χ1) is 8.70. The minimum absolute atomic E-state index is 0.458. The van der Waals surface area contributed by atoms with Gasteiger partial charge in [0.05, 0.1) is 0 Å². The van der Waals surface area contributed by atoms with Crippen LogP contribution in [0, 0.1) is 11.3 Å². The molecule has 1 aliphatic heterocycles. The van der Waals surface area contributed by atoms with Crippen LogP contribution in [0.5, 0.6) is 0 Å². The molecule has 0 amide bonds. The first-order valence-electron chi connectivity index (χ1n) is 7.69. The fourth-order valence-electron chi connectivity index (χ4n) is 2.74. The van der Waals surface area contributed by atoms with Crippen molar-refractivity contribution in [2.75, 3.05) is 32.8 Å². The molecular formula is C15H32N2O. The maximum Gasteiger partial charge on any atom is 0.0471 e. The molecule has 0 radical (unpaired) electrons. The molecule has 3 N–H and O–H groups in total. The molecule has 1 fully saturated rings. The normalized spacial score (nSPS) is 20.8. The summed E-state index contributed by atoms with van der Waals surface area (Å²) in [6.07, 6.45) is 7.46. The Morgan fingerprint density at radius 1 is 1.28 bits per heavy atom. The van der Waals surface area contributed by atoms with Gasteiger partial charge in [0, 0.05) is 19.8 Å². The molecule has 18 heavy (non-hydrogen) atoms. The lowest BCUT2D eigenvalue weighted by molar-refractivity contribution is 0.0241. The third kappa shape index (κ3) is 6.17. The minimum Gasteiger partial charge on any atom is -0.381 e. The highest BCUT2D eigenvalue weighted by Gasteiger charge is 2.26. The van der Waals surface area contributed by atoms with Gasteiger partial charge in [0.15, 0.2) is 0 Å². The van der Waals surface area contributed by atoms with E-state index in [9.17, 15) is 0 Å². The van der Waals surface area contributed by atoms with E-state index in [0.717, 1.165) is 38.8 Å². The van der Waals surface area contributed by atoms with E-state index in [1.807, 2.05) is 0 Å². The van der Waals surface area contributed by atoms with Crippen LogP contribution in [0.15, 0.2) is 0 Å². The summed E-state index contributed by atoms with van der Waals surface area (Å²) in [5.74, 6) is 0.829. The maximum absolute atomic E-state index is 5.62. The van der Waals surface area contributed by atoms with Crippen molar-refractivity contribution in [2.45, 2.75) is 52.4 Å². The summed E-state index contributed by atoms with van der Waals surface area (Å²) in [6, 6.07) is 0. The number of rotatable bonds is 9. The van der Waals surface area contributed by atoms with Gasteiger partial charge in [-0.3, -0.25) is 0 Å². The van der Waals surface area contributed by atoms with Crippen molar-refractivity contribution in [1.29, 1.82) is 0 Å². The van der Waals surface area contributed by atoms with Crippen molar-refractivity contribution in [3.63, 3.8) is 0 Å². The highest BCUT2D eigenvalue weighted by Crippen LogP contribution is 2.28. The second kappa shape index (κ2) is 8.89. The number of hydrogen-bond acceptors (Lipinski definition) is 3. The van der Waals surface area contributed by atoms with E-state index in [0.29, 0.717) is 5.41 Å². The third-order valence-electron chi connectivity index (χ3n) is 4.37. The largest absolute Gasteiger partial charge is 0.381 e. The zero-order valence-electron chi connectivity index (χ0n) is 12.3. The average Bonchev–Trinajstić information content (AvgIpc) is 2.38. The van der Waals surface area contributed by atoms with Gasteiger partial charge in [-0.2, -0.15) is 0 Å². The van der Waals surface area contributed by atoms with Gasteiger partial charge < -0.3 is 15.8 Å². The predicted molar refractivity (Wildman–Crippen MR) is 77.7 cm³/mol. The lowest BCUT2D eigenvalue weighted by atomic mass is 9.82. The monoisotopic (exact) mass is 256 g/mol. The number of hydrogen-bond donors (Lipinski definition) is 2. The molecule has 0 aromatic carbocycles. The van der Waals surface area contributed by atoms with E-state index < -0.39 is 0 Å². The van der Waals surface area contributed by atoms with E-state index in [1.54, 1.807) is 0 Å². The van der Waals surface area contributed by atoms with E-state index >= 15 is 0 Å². The van der Waals surface area contributed by atoms with Crippen molar-refractivity contribution < 1.29 is 4.74 Å². The molecule has 1 saturated heterocycles. The summed E-state index contributed by atoms with van der Waals surface area (Å²) in [5, 5.41) is 3.63. The van der Waals surface area contributed by atoms with Gasteiger partial charge in [-0.15, -0.1) is 0 Å². The smallest absolute Gasteiger partial charge is 0.0471 e. The molecule has 0 aliphatic carbocycles. The average molecular weight is 256 g/mol. The fourth-order valence-corrected chi connectivity index (χ4v) is 2.74. The van der Waals surface area contributed by atoms with Gasteiger partial charge in [-0.1, -0.05) is 20.3 Å². The molecule has 0 saturated carbocycles. The highest BCUT2D eigenvalue weighted by molar-refractivity contribution is 4.79. The van der Waals surface area contributed by atoms with Crippen LogP contribution in [0.2, 0.25) is 0 Å². The second-order valence-electron chi connectivity index (χ2n) is 6.09. The number of nitrogens with one attached hydrogen (secondary N) is 1.